The molecule has 0 saturated carbocycles. The van der Waals surface area contributed by atoms with E-state index in [1.54, 1.807) is 19.9 Å². The van der Waals surface area contributed by atoms with Crippen LogP contribution in [0, 0.1) is 11.8 Å². The molecule has 0 radical (unpaired) electrons. The SMILES string of the molecule is CC(=O)C(C)CC(C)C(=O)C(C)c1ccno1. The molecule has 4 nitrogen and oxygen atoms in total. The summed E-state index contributed by atoms with van der Waals surface area (Å²) in [5.74, 6) is 0.278. The Kier molecular flexibility index (Phi) is 4.61. The van der Waals surface area contributed by atoms with E-state index in [4.69, 9.17) is 4.52 Å². The van der Waals surface area contributed by atoms with Crippen LogP contribution in [-0.4, -0.2) is 16.7 Å². The highest BCUT2D eigenvalue weighted by Gasteiger charge is 2.26. The molecule has 3 unspecified atom stereocenters. The molecule has 0 aliphatic rings. The summed E-state index contributed by atoms with van der Waals surface area (Å²) in [5, 5.41) is 3.59. The molecule has 0 aliphatic heterocycles. The van der Waals surface area contributed by atoms with Gasteiger partial charge in [0, 0.05) is 17.9 Å². The van der Waals surface area contributed by atoms with Crippen LogP contribution in [-0.2, 0) is 9.59 Å². The maximum atomic E-state index is 12.1. The summed E-state index contributed by atoms with van der Waals surface area (Å²) in [6.07, 6.45) is 2.12. The van der Waals surface area contributed by atoms with Crippen LogP contribution in [0.5, 0.6) is 0 Å². The Labute approximate surface area is 101 Å². The molecule has 1 rings (SSSR count). The lowest BCUT2D eigenvalue weighted by atomic mass is 9.86. The molecule has 0 aliphatic carbocycles. The Morgan fingerprint density at radius 3 is 2.41 bits per heavy atom. The first-order valence-corrected chi connectivity index (χ1v) is 5.88. The fraction of sp³-hybridized carbons (Fsp3) is 0.615. The number of aromatic nitrogens is 1. The Hall–Kier alpha value is -1.45. The van der Waals surface area contributed by atoms with Gasteiger partial charge in [0.25, 0.3) is 0 Å². The number of nitrogens with zero attached hydrogens (tertiary/aromatic N) is 1. The number of ketones is 2. The molecule has 0 bridgehead atoms. The van der Waals surface area contributed by atoms with Crippen LogP contribution in [0.1, 0.15) is 45.8 Å². The quantitative estimate of drug-likeness (QED) is 0.763. The summed E-state index contributed by atoms with van der Waals surface area (Å²) in [4.78, 5) is 23.3. The van der Waals surface area contributed by atoms with Crippen molar-refractivity contribution in [2.45, 2.75) is 40.0 Å². The molecule has 1 aromatic rings. The Morgan fingerprint density at radius 1 is 1.29 bits per heavy atom. The van der Waals surface area contributed by atoms with Gasteiger partial charge in [-0.05, 0) is 20.3 Å². The van der Waals surface area contributed by atoms with E-state index in [1.807, 2.05) is 13.8 Å². The predicted octanol–water partition coefficient (Wildman–Crippen LogP) is 2.60. The van der Waals surface area contributed by atoms with Crippen molar-refractivity contribution in [1.82, 2.24) is 5.16 Å². The summed E-state index contributed by atoms with van der Waals surface area (Å²) < 4.78 is 4.98. The van der Waals surface area contributed by atoms with Crippen molar-refractivity contribution in [2.24, 2.45) is 11.8 Å². The third-order valence-electron chi connectivity index (χ3n) is 3.20. The molecule has 0 aromatic carbocycles. The van der Waals surface area contributed by atoms with E-state index in [0.29, 0.717) is 12.2 Å². The first-order valence-electron chi connectivity index (χ1n) is 5.88. The Balaban J connectivity index is 2.61. The van der Waals surface area contributed by atoms with Crippen molar-refractivity contribution in [1.29, 1.82) is 0 Å². The second kappa shape index (κ2) is 5.75. The van der Waals surface area contributed by atoms with Crippen molar-refractivity contribution >= 4 is 11.6 Å². The smallest absolute Gasteiger partial charge is 0.146 e. The molecule has 0 fully saturated rings. The van der Waals surface area contributed by atoms with Crippen LogP contribution in [0.4, 0.5) is 0 Å². The lowest BCUT2D eigenvalue weighted by Gasteiger charge is -2.16. The van der Waals surface area contributed by atoms with Gasteiger partial charge in [0.05, 0.1) is 12.1 Å². The molecular formula is C13H19NO3. The van der Waals surface area contributed by atoms with E-state index >= 15 is 0 Å². The van der Waals surface area contributed by atoms with E-state index in [0.717, 1.165) is 0 Å². The first kappa shape index (κ1) is 13.6. The van der Waals surface area contributed by atoms with Crippen LogP contribution < -0.4 is 0 Å². The number of carbonyl (C=O) groups excluding carboxylic acids is 2. The molecule has 0 saturated heterocycles. The van der Waals surface area contributed by atoms with Gasteiger partial charge in [-0.3, -0.25) is 9.59 Å². The Morgan fingerprint density at radius 2 is 1.94 bits per heavy atom. The van der Waals surface area contributed by atoms with Gasteiger partial charge in [0.15, 0.2) is 0 Å². The van der Waals surface area contributed by atoms with E-state index in [1.165, 1.54) is 6.20 Å². The summed E-state index contributed by atoms with van der Waals surface area (Å²) in [7, 11) is 0. The number of Topliss-reactive ketones (excluding diaryl/α,β-unsaturated/α-hetero) is 2. The topological polar surface area (TPSA) is 60.2 Å². The Bertz CT molecular complexity index is 383. The van der Waals surface area contributed by atoms with E-state index in [-0.39, 0.29) is 29.3 Å². The van der Waals surface area contributed by atoms with Gasteiger partial charge in [-0.15, -0.1) is 0 Å². The van der Waals surface area contributed by atoms with Gasteiger partial charge in [-0.2, -0.15) is 0 Å². The second-order valence-electron chi connectivity index (χ2n) is 4.69. The zero-order chi connectivity index (χ0) is 13.0. The van der Waals surface area contributed by atoms with Crippen LogP contribution in [0.2, 0.25) is 0 Å². The highest BCUT2D eigenvalue weighted by molar-refractivity contribution is 5.87. The normalized spacial score (nSPS) is 16.2. The minimum Gasteiger partial charge on any atom is -0.361 e. The van der Waals surface area contributed by atoms with Crippen molar-refractivity contribution in [2.75, 3.05) is 0 Å². The second-order valence-corrected chi connectivity index (χ2v) is 4.69. The van der Waals surface area contributed by atoms with E-state index in [9.17, 15) is 9.59 Å². The minimum atomic E-state index is -0.299. The van der Waals surface area contributed by atoms with Crippen molar-refractivity contribution < 1.29 is 14.1 Å². The standard InChI is InChI=1S/C13H19NO3/c1-8(11(4)15)7-9(2)13(16)10(3)12-5-6-14-17-12/h5-6,8-10H,7H2,1-4H3. The first-order chi connectivity index (χ1) is 7.93. The number of rotatable bonds is 6. The van der Waals surface area contributed by atoms with E-state index < -0.39 is 0 Å². The lowest BCUT2D eigenvalue weighted by molar-refractivity contribution is -0.125. The number of hydrogen-bond donors (Lipinski definition) is 0. The molecule has 0 spiro atoms. The van der Waals surface area contributed by atoms with Gasteiger partial charge in [0.1, 0.15) is 17.3 Å². The van der Waals surface area contributed by atoms with Gasteiger partial charge >= 0.3 is 0 Å². The predicted molar refractivity (Wildman–Crippen MR) is 63.6 cm³/mol. The minimum absolute atomic E-state index is 0.0733. The van der Waals surface area contributed by atoms with Gasteiger partial charge in [-0.25, -0.2) is 0 Å². The third-order valence-corrected chi connectivity index (χ3v) is 3.20. The average Bonchev–Trinajstić information content (AvgIpc) is 2.80. The zero-order valence-corrected chi connectivity index (χ0v) is 10.8. The highest BCUT2D eigenvalue weighted by atomic mass is 16.5. The van der Waals surface area contributed by atoms with Crippen molar-refractivity contribution in [3.8, 4) is 0 Å². The summed E-state index contributed by atoms with van der Waals surface area (Å²) in [6.45, 7) is 7.07. The van der Waals surface area contributed by atoms with Crippen LogP contribution >= 0.6 is 0 Å². The zero-order valence-electron chi connectivity index (χ0n) is 10.8. The third kappa shape index (κ3) is 3.51. The summed E-state index contributed by atoms with van der Waals surface area (Å²) in [6, 6.07) is 1.70. The van der Waals surface area contributed by atoms with Gasteiger partial charge in [0.2, 0.25) is 0 Å². The fourth-order valence-electron chi connectivity index (χ4n) is 1.83. The van der Waals surface area contributed by atoms with Gasteiger partial charge < -0.3 is 4.52 Å². The maximum Gasteiger partial charge on any atom is 0.146 e. The molecule has 17 heavy (non-hydrogen) atoms. The fourth-order valence-corrected chi connectivity index (χ4v) is 1.83. The molecular weight excluding hydrogens is 218 g/mol. The largest absolute Gasteiger partial charge is 0.361 e. The van der Waals surface area contributed by atoms with E-state index in [2.05, 4.69) is 5.16 Å². The maximum absolute atomic E-state index is 12.1. The number of hydrogen-bond acceptors (Lipinski definition) is 4. The molecule has 1 heterocycles. The van der Waals surface area contributed by atoms with Crippen LogP contribution in [0.15, 0.2) is 16.8 Å². The van der Waals surface area contributed by atoms with Gasteiger partial charge in [-0.1, -0.05) is 19.0 Å². The van der Waals surface area contributed by atoms with Crippen LogP contribution in [0.3, 0.4) is 0 Å². The molecule has 3 atom stereocenters. The molecule has 0 N–H and O–H groups in total. The molecule has 4 heteroatoms. The summed E-state index contributed by atoms with van der Waals surface area (Å²) in [5.41, 5.74) is 0. The number of carbonyl (C=O) groups is 2. The lowest BCUT2D eigenvalue weighted by Crippen LogP contribution is -2.21. The van der Waals surface area contributed by atoms with Crippen molar-refractivity contribution in [3.05, 3.63) is 18.0 Å². The van der Waals surface area contributed by atoms with Crippen LogP contribution in [0.25, 0.3) is 0 Å². The molecule has 1 aromatic heterocycles. The highest BCUT2D eigenvalue weighted by Crippen LogP contribution is 2.23. The monoisotopic (exact) mass is 237 g/mol. The molecule has 0 amide bonds. The summed E-state index contributed by atoms with van der Waals surface area (Å²) >= 11 is 0. The average molecular weight is 237 g/mol. The molecule has 94 valence electrons. The van der Waals surface area contributed by atoms with Crippen molar-refractivity contribution in [3.63, 3.8) is 0 Å².